The quantitative estimate of drug-likeness (QED) is 0.353. The van der Waals surface area contributed by atoms with E-state index in [1.807, 2.05) is 0 Å². The van der Waals surface area contributed by atoms with E-state index >= 15 is 0 Å². The van der Waals surface area contributed by atoms with E-state index in [4.69, 9.17) is 0 Å². The maximum atomic E-state index is 2.41. The fraction of sp³-hybridized carbons (Fsp3) is 0.353. The third kappa shape index (κ3) is 6.86. The van der Waals surface area contributed by atoms with Crippen LogP contribution in [0.5, 0.6) is 0 Å². The molecule has 0 N–H and O–H groups in total. The van der Waals surface area contributed by atoms with Gasteiger partial charge in [0.2, 0.25) is 0 Å². The Morgan fingerprint density at radius 2 is 1.41 bits per heavy atom. The van der Waals surface area contributed by atoms with Crippen molar-refractivity contribution < 1.29 is 58.9 Å². The first-order valence-corrected chi connectivity index (χ1v) is 10.2. The van der Waals surface area contributed by atoms with Gasteiger partial charge in [-0.25, -0.2) is 11.3 Å². The first kappa shape index (κ1) is 27.2. The number of halogens is 3. The minimum absolute atomic E-state index is 0. The topological polar surface area (TPSA) is 0 Å². The molecule has 2 aromatic carbocycles. The van der Waals surface area contributed by atoms with Crippen molar-refractivity contribution in [1.29, 1.82) is 0 Å². The van der Waals surface area contributed by atoms with Crippen molar-refractivity contribution in [3.63, 3.8) is 0 Å². The van der Waals surface area contributed by atoms with E-state index in [0.29, 0.717) is 0 Å². The molecule has 0 aliphatic carbocycles. The predicted octanol–water partition coefficient (Wildman–Crippen LogP) is -4.83. The van der Waals surface area contributed by atoms with Crippen molar-refractivity contribution in [3.8, 4) is 0 Å². The van der Waals surface area contributed by atoms with Gasteiger partial charge in [-0.05, 0) is 37.0 Å². The van der Waals surface area contributed by atoms with Crippen LogP contribution in [-0.4, -0.2) is 8.07 Å². The largest absolute Gasteiger partial charge is 4.00 e. The smallest absolute Gasteiger partial charge is 1.00 e. The van der Waals surface area contributed by atoms with Crippen LogP contribution in [0.3, 0.4) is 0 Å². The molecule has 120 valence electrons. The fourth-order valence-electron chi connectivity index (χ4n) is 2.40. The van der Waals surface area contributed by atoms with Crippen LogP contribution in [-0.2, 0) is 28.1 Å². The van der Waals surface area contributed by atoms with Crippen molar-refractivity contribution in [1.82, 2.24) is 0 Å². The van der Waals surface area contributed by atoms with Gasteiger partial charge in [0.05, 0.1) is 0 Å². The molecule has 0 aliphatic rings. The molecule has 0 bridgehead atoms. The summed E-state index contributed by atoms with van der Waals surface area (Å²) >= 11 is 0. The van der Waals surface area contributed by atoms with Crippen molar-refractivity contribution >= 4 is 13.3 Å². The van der Waals surface area contributed by atoms with Gasteiger partial charge in [-0.1, -0.05) is 37.8 Å². The molecular formula is C17H23Cl3SiTi. The molecule has 2 aromatic rings. The second kappa shape index (κ2) is 11.0. The Balaban J connectivity index is -0.000000902. The Hall–Kier alpha value is 0.371. The van der Waals surface area contributed by atoms with Crippen LogP contribution in [0.25, 0.3) is 0 Å². The molecule has 0 saturated heterocycles. The average molecular weight is 410 g/mol. The second-order valence-electron chi connectivity index (χ2n) is 6.31. The number of aryl methyl sites for hydroxylation is 2. The number of hydrogen-bond acceptors (Lipinski definition) is 0. The molecule has 0 spiro atoms. The third-order valence-corrected chi connectivity index (χ3v) is 5.75. The van der Waals surface area contributed by atoms with E-state index < -0.39 is 8.07 Å². The molecule has 0 fully saturated rings. The van der Waals surface area contributed by atoms with E-state index in [-0.39, 0.29) is 58.9 Å². The molecule has 0 radical (unpaired) electrons. The molecular weight excluding hydrogens is 386 g/mol. The fourth-order valence-corrected chi connectivity index (χ4v) is 3.60. The van der Waals surface area contributed by atoms with Gasteiger partial charge in [0, 0.05) is 8.07 Å². The Kier molecular flexibility index (Phi) is 13.6. The van der Waals surface area contributed by atoms with Gasteiger partial charge in [0.15, 0.2) is 0 Å². The van der Waals surface area contributed by atoms with E-state index in [9.17, 15) is 0 Å². The summed E-state index contributed by atoms with van der Waals surface area (Å²) in [6.07, 6.45) is 1.07. The van der Waals surface area contributed by atoms with Gasteiger partial charge in [0.25, 0.3) is 0 Å². The third-order valence-electron chi connectivity index (χ3n) is 3.71. The monoisotopic (exact) mass is 408 g/mol. The summed E-state index contributed by atoms with van der Waals surface area (Å²) in [5, 5.41) is 1.57. The second-order valence-corrected chi connectivity index (χ2v) is 11.4. The zero-order chi connectivity index (χ0) is 13.3. The van der Waals surface area contributed by atoms with Crippen molar-refractivity contribution in [2.75, 3.05) is 0 Å². The van der Waals surface area contributed by atoms with Crippen molar-refractivity contribution in [2.24, 2.45) is 0 Å². The van der Waals surface area contributed by atoms with E-state index in [1.165, 1.54) is 22.3 Å². The van der Waals surface area contributed by atoms with Crippen LogP contribution in [0, 0.1) is 13.8 Å². The molecule has 22 heavy (non-hydrogen) atoms. The number of hydrogen-bond donors (Lipinski definition) is 0. The predicted molar refractivity (Wildman–Crippen MR) is 83.7 cm³/mol. The van der Waals surface area contributed by atoms with Crippen LogP contribution < -0.4 is 42.4 Å². The number of benzene rings is 1. The van der Waals surface area contributed by atoms with E-state index in [0.717, 1.165) is 6.42 Å². The van der Waals surface area contributed by atoms with Gasteiger partial charge in [-0.2, -0.15) is 17.7 Å². The summed E-state index contributed by atoms with van der Waals surface area (Å²) in [7, 11) is -1.16. The van der Waals surface area contributed by atoms with Gasteiger partial charge in [-0.3, -0.25) is 0 Å². The van der Waals surface area contributed by atoms with Gasteiger partial charge in [-0.15, -0.1) is 0 Å². The minimum Gasteiger partial charge on any atom is -1.00 e. The van der Waals surface area contributed by atoms with Crippen LogP contribution in [0.4, 0.5) is 0 Å². The Labute approximate surface area is 170 Å². The molecule has 0 atom stereocenters. The van der Waals surface area contributed by atoms with E-state index in [1.54, 1.807) is 5.19 Å². The summed E-state index contributed by atoms with van der Waals surface area (Å²) in [5.74, 6) is 0. The van der Waals surface area contributed by atoms with Crippen LogP contribution in [0.2, 0.25) is 19.6 Å². The van der Waals surface area contributed by atoms with Gasteiger partial charge in [0.1, 0.15) is 0 Å². The van der Waals surface area contributed by atoms with Crippen molar-refractivity contribution in [2.45, 2.75) is 39.9 Å². The van der Waals surface area contributed by atoms with Gasteiger partial charge >= 0.3 is 21.7 Å². The maximum Gasteiger partial charge on any atom is 4.00 e. The zero-order valence-electron chi connectivity index (χ0n) is 13.8. The molecule has 5 heteroatoms. The number of rotatable bonds is 3. The van der Waals surface area contributed by atoms with Crippen LogP contribution >= 0.6 is 0 Å². The Morgan fingerprint density at radius 1 is 0.909 bits per heavy atom. The molecule has 0 saturated carbocycles. The minimum atomic E-state index is -1.16. The van der Waals surface area contributed by atoms with E-state index in [2.05, 4.69) is 69.9 Å². The standard InChI is InChI=1S/C17H23Si.3ClH.Ti/c1-13-7-6-8-14(2)17(13)12-15-9-10-16(11-15)18(3,4)5;;;;/h6-11H,12H2,1-5H3;3*1H;/q-1;;;;+4/p-3. The Morgan fingerprint density at radius 3 is 1.82 bits per heavy atom. The summed E-state index contributed by atoms with van der Waals surface area (Å²) in [4.78, 5) is 0. The van der Waals surface area contributed by atoms with Crippen molar-refractivity contribution in [3.05, 3.63) is 58.7 Å². The normalized spacial score (nSPS) is 9.68. The molecule has 0 amide bonds. The summed E-state index contributed by atoms with van der Waals surface area (Å²) in [5.41, 5.74) is 5.77. The SMILES string of the molecule is Cc1cccc(C)c1C[c-]1ccc([Si](C)(C)C)c1.[Cl-].[Cl-].[Cl-].[Ti+4]. The molecule has 0 heterocycles. The summed E-state index contributed by atoms with van der Waals surface area (Å²) in [6.45, 7) is 11.6. The Bertz CT molecular complexity index is 539. The molecule has 0 aliphatic heterocycles. The van der Waals surface area contributed by atoms with Crippen LogP contribution in [0.15, 0.2) is 36.4 Å². The average Bonchev–Trinajstić information content (AvgIpc) is 2.72. The van der Waals surface area contributed by atoms with Crippen LogP contribution in [0.1, 0.15) is 22.3 Å². The summed E-state index contributed by atoms with van der Waals surface area (Å²) < 4.78 is 0. The molecule has 0 aromatic heterocycles. The first-order chi connectivity index (χ1) is 8.38. The maximum absolute atomic E-state index is 2.41. The first-order valence-electron chi connectivity index (χ1n) is 6.69. The molecule has 0 nitrogen and oxygen atoms in total. The molecule has 0 unspecified atom stereocenters. The van der Waals surface area contributed by atoms with Gasteiger partial charge < -0.3 is 37.2 Å². The summed E-state index contributed by atoms with van der Waals surface area (Å²) in [6, 6.07) is 13.6. The molecule has 2 rings (SSSR count). The zero-order valence-corrected chi connectivity index (χ0v) is 18.6.